The minimum absolute atomic E-state index is 0.118. The Balaban J connectivity index is 1.32. The maximum absolute atomic E-state index is 12.9. The molecule has 4 rings (SSSR count). The van der Waals surface area contributed by atoms with E-state index in [1.54, 1.807) is 7.11 Å². The highest BCUT2D eigenvalue weighted by Crippen LogP contribution is 2.26. The Bertz CT molecular complexity index is 1110. The van der Waals surface area contributed by atoms with E-state index in [0.717, 1.165) is 41.4 Å². The predicted octanol–water partition coefficient (Wildman–Crippen LogP) is 4.36. The molecule has 1 aromatic heterocycles. The zero-order chi connectivity index (χ0) is 23.4. The predicted molar refractivity (Wildman–Crippen MR) is 130 cm³/mol. The van der Waals surface area contributed by atoms with Gasteiger partial charge in [0, 0.05) is 31.6 Å². The van der Waals surface area contributed by atoms with Crippen LogP contribution in [0.15, 0.2) is 47.6 Å². The van der Waals surface area contributed by atoms with Crippen LogP contribution in [0.2, 0.25) is 0 Å². The number of hydrogen-bond acceptors (Lipinski definition) is 6. The second-order valence-electron chi connectivity index (χ2n) is 8.32. The highest BCUT2D eigenvalue weighted by Gasteiger charge is 2.25. The lowest BCUT2D eigenvalue weighted by Gasteiger charge is -2.32. The quantitative estimate of drug-likeness (QED) is 0.482. The van der Waals surface area contributed by atoms with Crippen molar-refractivity contribution in [2.45, 2.75) is 44.9 Å². The van der Waals surface area contributed by atoms with E-state index >= 15 is 0 Å². The molecule has 33 heavy (non-hydrogen) atoms. The van der Waals surface area contributed by atoms with Crippen LogP contribution >= 0.6 is 11.8 Å². The van der Waals surface area contributed by atoms with Gasteiger partial charge < -0.3 is 14.4 Å². The summed E-state index contributed by atoms with van der Waals surface area (Å²) in [6.45, 7) is 7.46. The maximum atomic E-state index is 12.9. The zero-order valence-electron chi connectivity index (χ0n) is 19.6. The molecule has 2 heterocycles. The van der Waals surface area contributed by atoms with Gasteiger partial charge in [-0.25, -0.2) is 0 Å². The van der Waals surface area contributed by atoms with Crippen LogP contribution in [0.25, 0.3) is 5.69 Å². The minimum atomic E-state index is 0.118. The summed E-state index contributed by atoms with van der Waals surface area (Å²) in [4.78, 5) is 14.8. The Morgan fingerprint density at radius 3 is 2.48 bits per heavy atom. The smallest absolute Gasteiger partial charge is 0.233 e. The molecule has 174 valence electrons. The number of carbonyl (C=O) groups is 1. The van der Waals surface area contributed by atoms with Gasteiger partial charge in [0.25, 0.3) is 0 Å². The van der Waals surface area contributed by atoms with Gasteiger partial charge in [0.1, 0.15) is 23.4 Å². The third-order valence-corrected chi connectivity index (χ3v) is 6.80. The summed E-state index contributed by atoms with van der Waals surface area (Å²) in [6.07, 6.45) is 1.82. The van der Waals surface area contributed by atoms with Crippen LogP contribution in [0.5, 0.6) is 11.5 Å². The molecule has 1 aliphatic heterocycles. The lowest BCUT2D eigenvalue weighted by atomic mass is 10.1. The number of thioether (sulfide) groups is 1. The van der Waals surface area contributed by atoms with Gasteiger partial charge in [-0.1, -0.05) is 23.9 Å². The van der Waals surface area contributed by atoms with Gasteiger partial charge in [0.15, 0.2) is 5.16 Å². The van der Waals surface area contributed by atoms with E-state index in [0.29, 0.717) is 24.0 Å². The Morgan fingerprint density at radius 1 is 1.06 bits per heavy atom. The zero-order valence-corrected chi connectivity index (χ0v) is 20.4. The molecule has 0 N–H and O–H groups in total. The normalized spacial score (nSPS) is 14.4. The van der Waals surface area contributed by atoms with Gasteiger partial charge in [-0.3, -0.25) is 9.36 Å². The SMILES string of the molecule is COc1ccc(-n2c(C)nnc2SCC(=O)N2CCC(Oc3cc(C)ccc3C)CC2)cc1. The van der Waals surface area contributed by atoms with Crippen LogP contribution in [-0.4, -0.2) is 57.6 Å². The fraction of sp³-hybridized carbons (Fsp3) is 0.400. The summed E-state index contributed by atoms with van der Waals surface area (Å²) in [6, 6.07) is 14.0. The highest BCUT2D eigenvalue weighted by atomic mass is 32.2. The molecule has 1 aliphatic rings. The number of amides is 1. The second-order valence-corrected chi connectivity index (χ2v) is 9.26. The standard InChI is InChI=1S/C25H30N4O3S/c1-17-5-6-18(2)23(15-17)32-22-11-13-28(14-12-22)24(30)16-33-25-27-26-19(3)29(25)20-7-9-21(31-4)10-8-20/h5-10,15,22H,11-14,16H2,1-4H3. The van der Waals surface area contributed by atoms with Crippen LogP contribution in [0.4, 0.5) is 0 Å². The third-order valence-electron chi connectivity index (χ3n) is 5.88. The average Bonchev–Trinajstić information content (AvgIpc) is 3.20. The van der Waals surface area contributed by atoms with Crippen LogP contribution in [-0.2, 0) is 4.79 Å². The van der Waals surface area contributed by atoms with Crippen LogP contribution in [0.3, 0.4) is 0 Å². The van der Waals surface area contributed by atoms with E-state index in [2.05, 4.69) is 42.2 Å². The van der Waals surface area contributed by atoms with E-state index in [1.807, 2.05) is 40.7 Å². The van der Waals surface area contributed by atoms with E-state index in [1.165, 1.54) is 17.3 Å². The number of rotatable bonds is 7. The Labute approximate surface area is 199 Å². The lowest BCUT2D eigenvalue weighted by molar-refractivity contribution is -0.130. The molecule has 3 aromatic rings. The molecule has 1 saturated heterocycles. The lowest BCUT2D eigenvalue weighted by Crippen LogP contribution is -2.42. The molecule has 0 radical (unpaired) electrons. The van der Waals surface area contributed by atoms with Crippen LogP contribution < -0.4 is 9.47 Å². The van der Waals surface area contributed by atoms with Crippen molar-refractivity contribution in [2.75, 3.05) is 26.0 Å². The largest absolute Gasteiger partial charge is 0.497 e. The molecule has 1 fully saturated rings. The molecule has 0 bridgehead atoms. The van der Waals surface area contributed by atoms with Crippen molar-refractivity contribution in [3.63, 3.8) is 0 Å². The average molecular weight is 467 g/mol. The van der Waals surface area contributed by atoms with Gasteiger partial charge in [-0.15, -0.1) is 10.2 Å². The monoisotopic (exact) mass is 466 g/mol. The van der Waals surface area contributed by atoms with Crippen LogP contribution in [0.1, 0.15) is 29.8 Å². The fourth-order valence-electron chi connectivity index (χ4n) is 3.92. The summed E-state index contributed by atoms with van der Waals surface area (Å²) < 4.78 is 13.4. The maximum Gasteiger partial charge on any atom is 0.233 e. The molecule has 7 nitrogen and oxygen atoms in total. The Kier molecular flexibility index (Phi) is 7.23. The minimum Gasteiger partial charge on any atom is -0.497 e. The number of likely N-dealkylation sites (tertiary alicyclic amines) is 1. The number of piperidine rings is 1. The van der Waals surface area contributed by atoms with E-state index in [9.17, 15) is 4.79 Å². The number of carbonyl (C=O) groups excluding carboxylic acids is 1. The van der Waals surface area contributed by atoms with Crippen molar-refractivity contribution in [1.29, 1.82) is 0 Å². The third kappa shape index (κ3) is 5.50. The number of benzene rings is 2. The Morgan fingerprint density at radius 2 is 1.79 bits per heavy atom. The first-order chi connectivity index (χ1) is 15.9. The number of aryl methyl sites for hydroxylation is 3. The molecule has 0 aliphatic carbocycles. The molecule has 0 unspecified atom stereocenters. The topological polar surface area (TPSA) is 69.5 Å². The van der Waals surface area contributed by atoms with Gasteiger partial charge in [0.2, 0.25) is 5.91 Å². The first-order valence-electron chi connectivity index (χ1n) is 11.2. The van der Waals surface area contributed by atoms with Crippen LogP contribution in [0, 0.1) is 20.8 Å². The van der Waals surface area contributed by atoms with Crippen molar-refractivity contribution in [1.82, 2.24) is 19.7 Å². The Hall–Kier alpha value is -3.00. The first kappa shape index (κ1) is 23.2. The number of aromatic nitrogens is 3. The van der Waals surface area contributed by atoms with Gasteiger partial charge in [-0.2, -0.15) is 0 Å². The number of methoxy groups -OCH3 is 1. The van der Waals surface area contributed by atoms with E-state index in [4.69, 9.17) is 9.47 Å². The van der Waals surface area contributed by atoms with Gasteiger partial charge >= 0.3 is 0 Å². The van der Waals surface area contributed by atoms with Gasteiger partial charge in [0.05, 0.1) is 12.9 Å². The summed E-state index contributed by atoms with van der Waals surface area (Å²) >= 11 is 1.42. The number of nitrogens with zero attached hydrogens (tertiary/aromatic N) is 4. The van der Waals surface area contributed by atoms with E-state index in [-0.39, 0.29) is 12.0 Å². The summed E-state index contributed by atoms with van der Waals surface area (Å²) in [5.41, 5.74) is 3.28. The molecular weight excluding hydrogens is 436 g/mol. The summed E-state index contributed by atoms with van der Waals surface area (Å²) in [5.74, 6) is 2.96. The summed E-state index contributed by atoms with van der Waals surface area (Å²) in [7, 11) is 1.64. The summed E-state index contributed by atoms with van der Waals surface area (Å²) in [5, 5.41) is 9.20. The highest BCUT2D eigenvalue weighted by molar-refractivity contribution is 7.99. The van der Waals surface area contributed by atoms with Gasteiger partial charge in [-0.05, 0) is 62.2 Å². The molecule has 0 atom stereocenters. The van der Waals surface area contributed by atoms with E-state index < -0.39 is 0 Å². The van der Waals surface area contributed by atoms with Crippen molar-refractivity contribution in [3.8, 4) is 17.2 Å². The van der Waals surface area contributed by atoms with Crippen molar-refractivity contribution in [3.05, 3.63) is 59.4 Å². The number of hydrogen-bond donors (Lipinski definition) is 0. The number of ether oxygens (including phenoxy) is 2. The molecule has 0 saturated carbocycles. The first-order valence-corrected chi connectivity index (χ1v) is 12.1. The molecule has 2 aromatic carbocycles. The second kappa shape index (κ2) is 10.3. The van der Waals surface area contributed by atoms with Crippen molar-refractivity contribution < 1.29 is 14.3 Å². The molecular formula is C25H30N4O3S. The molecule has 1 amide bonds. The van der Waals surface area contributed by atoms with Crippen molar-refractivity contribution >= 4 is 17.7 Å². The fourth-order valence-corrected chi connectivity index (χ4v) is 4.82. The van der Waals surface area contributed by atoms with Crippen molar-refractivity contribution in [2.24, 2.45) is 0 Å². The molecule has 0 spiro atoms. The molecule has 8 heteroatoms.